The van der Waals surface area contributed by atoms with Crippen molar-refractivity contribution in [2.45, 2.75) is 38.0 Å². The molecule has 1 aliphatic heterocycles. The molecule has 1 fully saturated rings. The third-order valence-corrected chi connectivity index (χ3v) is 4.50. The van der Waals surface area contributed by atoms with Crippen molar-refractivity contribution >= 4 is 17.7 Å². The van der Waals surface area contributed by atoms with Crippen LogP contribution in [0.15, 0.2) is 10.6 Å². The molecule has 0 bridgehead atoms. The normalized spacial score (nSPS) is 18.2. The highest BCUT2D eigenvalue weighted by Crippen LogP contribution is 2.20. The Labute approximate surface area is 117 Å². The number of thioether (sulfide) groups is 1. The van der Waals surface area contributed by atoms with Gasteiger partial charge in [-0.15, -0.1) is 11.8 Å². The molecule has 1 aliphatic rings. The summed E-state index contributed by atoms with van der Waals surface area (Å²) in [4.78, 5) is 16.0. The second-order valence-corrected chi connectivity index (χ2v) is 6.15. The first-order chi connectivity index (χ1) is 9.15. The highest BCUT2D eigenvalue weighted by molar-refractivity contribution is 8.00. The maximum Gasteiger partial charge on any atom is 0.230 e. The van der Waals surface area contributed by atoms with Crippen LogP contribution in [-0.4, -0.2) is 35.0 Å². The van der Waals surface area contributed by atoms with Crippen LogP contribution in [0.2, 0.25) is 0 Å². The second kappa shape index (κ2) is 6.96. The molecule has 0 saturated carbocycles. The van der Waals surface area contributed by atoms with Crippen molar-refractivity contribution in [2.24, 2.45) is 0 Å². The summed E-state index contributed by atoms with van der Waals surface area (Å²) in [5.74, 6) is 1.89. The number of aromatic nitrogens is 1. The summed E-state index contributed by atoms with van der Waals surface area (Å²) in [6.07, 6.45) is 3.96. The van der Waals surface area contributed by atoms with E-state index >= 15 is 0 Å². The Kier molecular flexibility index (Phi) is 5.27. The van der Waals surface area contributed by atoms with Gasteiger partial charge < -0.3 is 15.1 Å². The lowest BCUT2D eigenvalue weighted by atomic mass is 10.2. The van der Waals surface area contributed by atoms with E-state index in [1.165, 1.54) is 0 Å². The average molecular weight is 283 g/mol. The number of oxazole rings is 1. The fourth-order valence-corrected chi connectivity index (χ4v) is 3.11. The summed E-state index contributed by atoms with van der Waals surface area (Å²) < 4.78 is 5.40. The smallest absolute Gasteiger partial charge is 0.230 e. The van der Waals surface area contributed by atoms with Gasteiger partial charge in [-0.1, -0.05) is 0 Å². The number of piperidine rings is 1. The molecule has 0 aliphatic carbocycles. The minimum absolute atomic E-state index is 0.0480. The largest absolute Gasteiger partial charge is 0.444 e. The Hall–Kier alpha value is -1.01. The van der Waals surface area contributed by atoms with Gasteiger partial charge in [0.15, 0.2) is 0 Å². The summed E-state index contributed by atoms with van der Waals surface area (Å²) in [6, 6.07) is -0.171. The number of carbonyl (C=O) groups excluding carboxylic acids is 1. The van der Waals surface area contributed by atoms with Crippen LogP contribution >= 0.6 is 11.8 Å². The average Bonchev–Trinajstić information content (AvgIpc) is 2.84. The van der Waals surface area contributed by atoms with Gasteiger partial charge in [0.25, 0.3) is 0 Å². The molecular weight excluding hydrogens is 262 g/mol. The number of aryl methyl sites for hydroxylation is 1. The van der Waals surface area contributed by atoms with Crippen molar-refractivity contribution in [1.29, 1.82) is 0 Å². The van der Waals surface area contributed by atoms with Crippen molar-refractivity contribution < 1.29 is 9.21 Å². The van der Waals surface area contributed by atoms with Gasteiger partial charge in [0.05, 0.1) is 11.9 Å². The first kappa shape index (κ1) is 14.4. The topological polar surface area (TPSA) is 67.2 Å². The molecule has 0 radical (unpaired) electrons. The van der Waals surface area contributed by atoms with Crippen LogP contribution in [0.1, 0.15) is 37.5 Å². The molecule has 2 N–H and O–H groups in total. The number of rotatable bonds is 5. The minimum atomic E-state index is -0.171. The van der Waals surface area contributed by atoms with Crippen LogP contribution < -0.4 is 10.6 Å². The molecule has 5 nitrogen and oxygen atoms in total. The summed E-state index contributed by atoms with van der Waals surface area (Å²) in [5.41, 5.74) is 0. The number of hydrogen-bond acceptors (Lipinski definition) is 5. The monoisotopic (exact) mass is 283 g/mol. The van der Waals surface area contributed by atoms with Gasteiger partial charge in [-0.2, -0.15) is 0 Å². The first-order valence-electron chi connectivity index (χ1n) is 6.69. The van der Waals surface area contributed by atoms with Gasteiger partial charge in [0.2, 0.25) is 11.8 Å². The number of hydrogen-bond donors (Lipinski definition) is 2. The van der Waals surface area contributed by atoms with Crippen LogP contribution in [0, 0.1) is 6.92 Å². The van der Waals surface area contributed by atoms with Gasteiger partial charge in [0.1, 0.15) is 11.8 Å². The predicted octanol–water partition coefficient (Wildman–Crippen LogP) is 1.65. The molecule has 6 heteroatoms. The summed E-state index contributed by atoms with van der Waals surface area (Å²) in [6.45, 7) is 5.85. The number of nitrogens with zero attached hydrogens (tertiary/aromatic N) is 1. The molecule has 0 aromatic carbocycles. The Bertz CT molecular complexity index is 416. The molecule has 1 amide bonds. The third kappa shape index (κ3) is 4.54. The Morgan fingerprint density at radius 2 is 2.37 bits per heavy atom. The fraction of sp³-hybridized carbons (Fsp3) is 0.692. The van der Waals surface area contributed by atoms with Crippen LogP contribution in [0.25, 0.3) is 0 Å². The van der Waals surface area contributed by atoms with E-state index in [2.05, 4.69) is 15.6 Å². The summed E-state index contributed by atoms with van der Waals surface area (Å²) >= 11 is 1.74. The lowest BCUT2D eigenvalue weighted by molar-refractivity contribution is -0.119. The summed E-state index contributed by atoms with van der Waals surface area (Å²) in [7, 11) is 0. The quantitative estimate of drug-likeness (QED) is 0.860. The van der Waals surface area contributed by atoms with Crippen molar-refractivity contribution in [3.8, 4) is 0 Å². The lowest BCUT2D eigenvalue weighted by Gasteiger charge is -2.22. The molecular formula is C13H21N3O2S. The highest BCUT2D eigenvalue weighted by atomic mass is 32.2. The SMILES string of the molecule is Cc1cnc(C(C)NC(=O)CSC2CCNCC2)o1. The molecule has 0 spiro atoms. The van der Waals surface area contributed by atoms with Gasteiger partial charge in [0, 0.05) is 5.25 Å². The van der Waals surface area contributed by atoms with E-state index in [4.69, 9.17) is 4.42 Å². The van der Waals surface area contributed by atoms with E-state index in [1.54, 1.807) is 18.0 Å². The van der Waals surface area contributed by atoms with Crippen LogP contribution in [0.4, 0.5) is 0 Å². The lowest BCUT2D eigenvalue weighted by Crippen LogP contribution is -2.32. The molecule has 19 heavy (non-hydrogen) atoms. The fourth-order valence-electron chi connectivity index (χ4n) is 2.07. The van der Waals surface area contributed by atoms with E-state index < -0.39 is 0 Å². The molecule has 2 heterocycles. The molecule has 1 saturated heterocycles. The highest BCUT2D eigenvalue weighted by Gasteiger charge is 2.17. The van der Waals surface area contributed by atoms with Crippen molar-refractivity contribution in [3.63, 3.8) is 0 Å². The standard InChI is InChI=1S/C13H21N3O2S/c1-9-7-15-13(18-9)10(2)16-12(17)8-19-11-3-5-14-6-4-11/h7,10-11,14H,3-6,8H2,1-2H3,(H,16,17). The zero-order valence-electron chi connectivity index (χ0n) is 11.4. The first-order valence-corrected chi connectivity index (χ1v) is 7.74. The maximum atomic E-state index is 11.9. The number of amides is 1. The Morgan fingerprint density at radius 1 is 1.63 bits per heavy atom. The Morgan fingerprint density at radius 3 is 3.00 bits per heavy atom. The van der Waals surface area contributed by atoms with Crippen molar-refractivity contribution in [1.82, 2.24) is 15.6 Å². The van der Waals surface area contributed by atoms with E-state index in [0.29, 0.717) is 16.9 Å². The maximum absolute atomic E-state index is 11.9. The number of carbonyl (C=O) groups is 1. The van der Waals surface area contributed by atoms with Gasteiger partial charge in [-0.05, 0) is 39.8 Å². The number of nitrogens with one attached hydrogen (secondary N) is 2. The second-order valence-electron chi connectivity index (χ2n) is 4.86. The van der Waals surface area contributed by atoms with E-state index in [-0.39, 0.29) is 11.9 Å². The molecule has 1 aromatic heterocycles. The summed E-state index contributed by atoms with van der Waals surface area (Å²) in [5, 5.41) is 6.84. The zero-order chi connectivity index (χ0) is 13.7. The van der Waals surface area contributed by atoms with E-state index in [1.807, 2.05) is 13.8 Å². The van der Waals surface area contributed by atoms with Crippen molar-refractivity contribution in [3.05, 3.63) is 17.8 Å². The molecule has 106 valence electrons. The van der Waals surface area contributed by atoms with E-state index in [0.717, 1.165) is 31.7 Å². The molecule has 2 rings (SSSR count). The van der Waals surface area contributed by atoms with Crippen LogP contribution in [0.5, 0.6) is 0 Å². The van der Waals surface area contributed by atoms with Gasteiger partial charge in [-0.25, -0.2) is 4.98 Å². The van der Waals surface area contributed by atoms with Gasteiger partial charge >= 0.3 is 0 Å². The van der Waals surface area contributed by atoms with E-state index in [9.17, 15) is 4.79 Å². The Balaban J connectivity index is 1.71. The van der Waals surface area contributed by atoms with Crippen molar-refractivity contribution in [2.75, 3.05) is 18.8 Å². The molecule has 1 unspecified atom stereocenters. The van der Waals surface area contributed by atoms with Gasteiger partial charge in [-0.3, -0.25) is 4.79 Å². The predicted molar refractivity (Wildman–Crippen MR) is 76.1 cm³/mol. The molecule has 1 aromatic rings. The minimum Gasteiger partial charge on any atom is -0.444 e. The zero-order valence-corrected chi connectivity index (χ0v) is 12.3. The third-order valence-electron chi connectivity index (χ3n) is 3.12. The van der Waals surface area contributed by atoms with Crippen LogP contribution in [0.3, 0.4) is 0 Å². The van der Waals surface area contributed by atoms with Crippen LogP contribution in [-0.2, 0) is 4.79 Å². The molecule has 1 atom stereocenters.